The molecule has 0 aliphatic heterocycles. The van der Waals surface area contributed by atoms with Gasteiger partial charge in [-0.1, -0.05) is 0 Å². The highest BCUT2D eigenvalue weighted by Gasteiger charge is 2.52. The van der Waals surface area contributed by atoms with Gasteiger partial charge in [-0.25, -0.2) is 0 Å². The maximum atomic E-state index is 5.96. The first-order valence-corrected chi connectivity index (χ1v) is 7.79. The predicted octanol–water partition coefficient (Wildman–Crippen LogP) is 2.09. The Morgan fingerprint density at radius 2 is 1.84 bits per heavy atom. The van der Waals surface area contributed by atoms with Crippen LogP contribution in [0.4, 0.5) is 0 Å². The van der Waals surface area contributed by atoms with Gasteiger partial charge in [0.2, 0.25) is 0 Å². The molecular formula is C15H24N4. The summed E-state index contributed by atoms with van der Waals surface area (Å²) in [5.41, 5.74) is 6.30. The van der Waals surface area contributed by atoms with Crippen LogP contribution in [0, 0.1) is 17.8 Å². The molecule has 19 heavy (non-hydrogen) atoms. The molecule has 1 aromatic rings. The fourth-order valence-corrected chi connectivity index (χ4v) is 5.44. The van der Waals surface area contributed by atoms with Gasteiger partial charge in [0.15, 0.2) is 0 Å². The van der Waals surface area contributed by atoms with Crippen LogP contribution in [-0.2, 0) is 12.0 Å². The normalized spacial score (nSPS) is 41.7. The standard InChI is InChI=1S/C15H24N4/c1-10(16)2-14-18-17-9-19(14)15-6-11-3-12(7-15)5-13(4-11)8-15/h9-13H,2-8,16H2,1H3. The van der Waals surface area contributed by atoms with Crippen LogP contribution in [0.15, 0.2) is 6.33 Å². The van der Waals surface area contributed by atoms with E-state index in [0.717, 1.165) is 30.0 Å². The molecule has 4 saturated carbocycles. The summed E-state index contributed by atoms with van der Waals surface area (Å²) in [7, 11) is 0. The van der Waals surface area contributed by atoms with E-state index in [2.05, 4.69) is 21.7 Å². The van der Waals surface area contributed by atoms with Gasteiger partial charge >= 0.3 is 0 Å². The lowest BCUT2D eigenvalue weighted by Crippen LogP contribution is -2.52. The number of nitrogens with two attached hydrogens (primary N) is 1. The van der Waals surface area contributed by atoms with Crippen molar-refractivity contribution in [2.75, 3.05) is 0 Å². The molecule has 1 heterocycles. The highest BCUT2D eigenvalue weighted by Crippen LogP contribution is 2.58. The summed E-state index contributed by atoms with van der Waals surface area (Å²) in [6, 6.07) is 0.164. The van der Waals surface area contributed by atoms with E-state index in [1.165, 1.54) is 38.5 Å². The van der Waals surface area contributed by atoms with Crippen molar-refractivity contribution in [2.45, 2.75) is 63.5 Å². The molecule has 0 radical (unpaired) electrons. The number of rotatable bonds is 3. The molecule has 2 N–H and O–H groups in total. The van der Waals surface area contributed by atoms with E-state index in [4.69, 9.17) is 5.73 Å². The second-order valence-corrected chi connectivity index (χ2v) is 7.44. The highest BCUT2D eigenvalue weighted by atomic mass is 15.3. The van der Waals surface area contributed by atoms with Crippen molar-refractivity contribution in [3.05, 3.63) is 12.2 Å². The molecule has 4 heteroatoms. The third kappa shape index (κ3) is 1.83. The molecule has 4 bridgehead atoms. The zero-order valence-corrected chi connectivity index (χ0v) is 11.8. The minimum Gasteiger partial charge on any atom is -0.328 e. The minimum atomic E-state index is 0.164. The Labute approximate surface area is 114 Å². The van der Waals surface area contributed by atoms with Crippen LogP contribution in [0.25, 0.3) is 0 Å². The second-order valence-electron chi connectivity index (χ2n) is 7.44. The molecule has 0 aromatic carbocycles. The molecule has 5 rings (SSSR count). The zero-order valence-electron chi connectivity index (χ0n) is 11.8. The number of hydrogen-bond donors (Lipinski definition) is 1. The first-order valence-electron chi connectivity index (χ1n) is 7.79. The van der Waals surface area contributed by atoms with Crippen molar-refractivity contribution >= 4 is 0 Å². The van der Waals surface area contributed by atoms with E-state index in [-0.39, 0.29) is 6.04 Å². The quantitative estimate of drug-likeness (QED) is 0.905. The number of aromatic nitrogens is 3. The van der Waals surface area contributed by atoms with Crippen molar-refractivity contribution in [3.63, 3.8) is 0 Å². The van der Waals surface area contributed by atoms with Gasteiger partial charge < -0.3 is 10.3 Å². The Balaban J connectivity index is 1.70. The van der Waals surface area contributed by atoms with Gasteiger partial charge in [-0.2, -0.15) is 0 Å². The fraction of sp³-hybridized carbons (Fsp3) is 0.867. The van der Waals surface area contributed by atoms with Gasteiger partial charge in [0.05, 0.1) is 0 Å². The van der Waals surface area contributed by atoms with Crippen LogP contribution < -0.4 is 5.73 Å². The van der Waals surface area contributed by atoms with E-state index in [1.807, 2.05) is 6.33 Å². The third-order valence-corrected chi connectivity index (χ3v) is 5.64. The number of hydrogen-bond acceptors (Lipinski definition) is 3. The molecule has 0 saturated heterocycles. The average Bonchev–Trinajstić information content (AvgIpc) is 2.74. The molecular weight excluding hydrogens is 236 g/mol. The summed E-state index contributed by atoms with van der Waals surface area (Å²) in [5.74, 6) is 3.97. The van der Waals surface area contributed by atoms with Gasteiger partial charge in [-0.05, 0) is 63.2 Å². The van der Waals surface area contributed by atoms with Gasteiger partial charge in [-0.15, -0.1) is 10.2 Å². The van der Waals surface area contributed by atoms with Crippen LogP contribution in [-0.4, -0.2) is 20.8 Å². The van der Waals surface area contributed by atoms with Crippen LogP contribution in [0.5, 0.6) is 0 Å². The molecule has 104 valence electrons. The van der Waals surface area contributed by atoms with Gasteiger partial charge in [0, 0.05) is 18.0 Å². The zero-order chi connectivity index (χ0) is 13.0. The van der Waals surface area contributed by atoms with E-state index >= 15 is 0 Å². The molecule has 0 amide bonds. The molecule has 1 atom stereocenters. The Morgan fingerprint density at radius 3 is 2.37 bits per heavy atom. The molecule has 1 aromatic heterocycles. The fourth-order valence-electron chi connectivity index (χ4n) is 5.44. The SMILES string of the molecule is CC(N)Cc1nncn1C12CC3CC(CC(C3)C1)C2. The molecule has 4 aliphatic rings. The van der Waals surface area contributed by atoms with E-state index in [9.17, 15) is 0 Å². The molecule has 1 unspecified atom stereocenters. The lowest BCUT2D eigenvalue weighted by atomic mass is 9.53. The van der Waals surface area contributed by atoms with E-state index in [0.29, 0.717) is 5.54 Å². The predicted molar refractivity (Wildman–Crippen MR) is 73.5 cm³/mol. The summed E-state index contributed by atoms with van der Waals surface area (Å²) in [5, 5.41) is 8.54. The van der Waals surface area contributed by atoms with Crippen molar-refractivity contribution in [2.24, 2.45) is 23.5 Å². The van der Waals surface area contributed by atoms with Crippen LogP contribution in [0.3, 0.4) is 0 Å². The third-order valence-electron chi connectivity index (χ3n) is 5.64. The first-order chi connectivity index (χ1) is 9.14. The summed E-state index contributed by atoms with van der Waals surface area (Å²) >= 11 is 0. The summed E-state index contributed by atoms with van der Waals surface area (Å²) in [6.45, 7) is 2.05. The minimum absolute atomic E-state index is 0.164. The maximum absolute atomic E-state index is 5.96. The lowest BCUT2D eigenvalue weighted by Gasteiger charge is -2.57. The monoisotopic (exact) mass is 260 g/mol. The Kier molecular flexibility index (Phi) is 2.53. The van der Waals surface area contributed by atoms with Crippen LogP contribution in [0.2, 0.25) is 0 Å². The van der Waals surface area contributed by atoms with Gasteiger partial charge in [0.25, 0.3) is 0 Å². The molecule has 0 spiro atoms. The van der Waals surface area contributed by atoms with E-state index < -0.39 is 0 Å². The summed E-state index contributed by atoms with van der Waals surface area (Å²) < 4.78 is 2.42. The molecule has 4 fully saturated rings. The smallest absolute Gasteiger partial charge is 0.134 e. The molecule has 4 nitrogen and oxygen atoms in total. The van der Waals surface area contributed by atoms with Gasteiger partial charge in [-0.3, -0.25) is 0 Å². The Hall–Kier alpha value is -0.900. The Bertz CT molecular complexity index is 441. The van der Waals surface area contributed by atoms with Crippen molar-refractivity contribution in [3.8, 4) is 0 Å². The van der Waals surface area contributed by atoms with Gasteiger partial charge in [0.1, 0.15) is 12.2 Å². The van der Waals surface area contributed by atoms with Crippen molar-refractivity contribution in [1.82, 2.24) is 14.8 Å². The molecule has 4 aliphatic carbocycles. The Morgan fingerprint density at radius 1 is 1.26 bits per heavy atom. The van der Waals surface area contributed by atoms with E-state index in [1.54, 1.807) is 0 Å². The summed E-state index contributed by atoms with van der Waals surface area (Å²) in [4.78, 5) is 0. The van der Waals surface area contributed by atoms with Crippen molar-refractivity contribution < 1.29 is 0 Å². The largest absolute Gasteiger partial charge is 0.328 e. The topological polar surface area (TPSA) is 56.7 Å². The highest BCUT2D eigenvalue weighted by molar-refractivity contribution is 5.08. The average molecular weight is 260 g/mol. The lowest BCUT2D eigenvalue weighted by molar-refractivity contribution is -0.0446. The maximum Gasteiger partial charge on any atom is 0.134 e. The number of nitrogens with zero attached hydrogens (tertiary/aromatic N) is 3. The first kappa shape index (κ1) is 11.9. The second kappa shape index (κ2) is 4.05. The van der Waals surface area contributed by atoms with Crippen LogP contribution >= 0.6 is 0 Å². The summed E-state index contributed by atoms with van der Waals surface area (Å²) in [6.07, 6.45) is 11.3. The van der Waals surface area contributed by atoms with Crippen molar-refractivity contribution in [1.29, 1.82) is 0 Å². The van der Waals surface area contributed by atoms with Crippen LogP contribution in [0.1, 0.15) is 51.3 Å².